The predicted molar refractivity (Wildman–Crippen MR) is 75.3 cm³/mol. The van der Waals surface area contributed by atoms with E-state index in [-0.39, 0.29) is 17.9 Å². The molecule has 2 rings (SSSR count). The molecule has 0 N–H and O–H groups in total. The molecule has 0 amide bonds. The smallest absolute Gasteiger partial charge is 0.267 e. The summed E-state index contributed by atoms with van der Waals surface area (Å²) in [6.45, 7) is 0. The van der Waals surface area contributed by atoms with E-state index in [4.69, 9.17) is 9.71 Å². The summed E-state index contributed by atoms with van der Waals surface area (Å²) in [5.41, 5.74) is 9.14. The van der Waals surface area contributed by atoms with Crippen molar-refractivity contribution in [1.82, 2.24) is 0 Å². The van der Waals surface area contributed by atoms with Crippen molar-refractivity contribution in [3.05, 3.63) is 46.3 Å². The molecule has 20 heavy (non-hydrogen) atoms. The first-order chi connectivity index (χ1) is 9.59. The van der Waals surface area contributed by atoms with Crippen LogP contribution in [0.5, 0.6) is 0 Å². The van der Waals surface area contributed by atoms with E-state index < -0.39 is 10.1 Å². The monoisotopic (exact) mass is 295 g/mol. The first-order valence-electron chi connectivity index (χ1n) is 6.58. The van der Waals surface area contributed by atoms with Crippen LogP contribution in [0.4, 0.5) is 0 Å². The van der Waals surface area contributed by atoms with Gasteiger partial charge in [-0.05, 0) is 30.4 Å². The maximum absolute atomic E-state index is 12.0. The van der Waals surface area contributed by atoms with Crippen molar-refractivity contribution in [2.75, 3.05) is 0 Å². The third-order valence-corrected chi connectivity index (χ3v) is 4.53. The normalized spacial score (nSPS) is 23.0. The van der Waals surface area contributed by atoms with Crippen LogP contribution in [0.1, 0.15) is 31.2 Å². The lowest BCUT2D eigenvalue weighted by Crippen LogP contribution is -2.27. The fraction of sp³-hybridized carbons (Fsp3) is 0.538. The minimum Gasteiger partial charge on any atom is -0.267 e. The van der Waals surface area contributed by atoms with Gasteiger partial charge in [0.15, 0.2) is 0 Å². The van der Waals surface area contributed by atoms with Gasteiger partial charge in [-0.15, -0.1) is 0 Å². The van der Waals surface area contributed by atoms with Gasteiger partial charge in [0, 0.05) is 11.0 Å². The second kappa shape index (κ2) is 6.74. The van der Waals surface area contributed by atoms with Gasteiger partial charge in [-0.3, -0.25) is 4.18 Å². The summed E-state index contributed by atoms with van der Waals surface area (Å²) in [4.78, 5) is 2.78. The Bertz CT molecular complexity index is 582. The van der Waals surface area contributed by atoms with Gasteiger partial charge in [-0.2, -0.15) is 8.42 Å². The molecule has 2 unspecified atom stereocenters. The van der Waals surface area contributed by atoms with E-state index in [1.54, 1.807) is 24.3 Å². The first-order valence-corrected chi connectivity index (χ1v) is 8.16. The summed E-state index contributed by atoms with van der Waals surface area (Å²) in [5, 5.41) is 3.65. The van der Waals surface area contributed by atoms with Gasteiger partial charge in [0.1, 0.15) is 5.75 Å². The molecule has 1 fully saturated rings. The quantitative estimate of drug-likeness (QED) is 0.361. The zero-order chi connectivity index (χ0) is 14.4. The van der Waals surface area contributed by atoms with Crippen LogP contribution in [0.2, 0.25) is 0 Å². The van der Waals surface area contributed by atoms with Crippen molar-refractivity contribution in [2.45, 2.75) is 43.6 Å². The molecular formula is C13H17N3O3S. The Labute approximate surface area is 118 Å². The number of azide groups is 1. The third kappa shape index (κ3) is 4.52. The molecule has 1 saturated carbocycles. The third-order valence-electron chi connectivity index (χ3n) is 3.28. The highest BCUT2D eigenvalue weighted by Crippen LogP contribution is 2.25. The predicted octanol–water partition coefficient (Wildman–Crippen LogP) is 3.15. The minimum absolute atomic E-state index is 0.128. The van der Waals surface area contributed by atoms with Crippen LogP contribution in [0.3, 0.4) is 0 Å². The zero-order valence-electron chi connectivity index (χ0n) is 11.1. The molecule has 0 spiro atoms. The molecule has 1 aromatic rings. The minimum atomic E-state index is -3.61. The van der Waals surface area contributed by atoms with Crippen molar-refractivity contribution in [1.29, 1.82) is 0 Å². The first kappa shape index (κ1) is 14.8. The van der Waals surface area contributed by atoms with Gasteiger partial charge < -0.3 is 0 Å². The molecule has 7 heteroatoms. The number of hydrogen-bond donors (Lipinski definition) is 0. The highest BCUT2D eigenvalue weighted by Gasteiger charge is 2.26. The lowest BCUT2D eigenvalue weighted by molar-refractivity contribution is 0.151. The molecular weight excluding hydrogens is 278 g/mol. The lowest BCUT2D eigenvalue weighted by Gasteiger charge is -2.25. The second-order valence-electron chi connectivity index (χ2n) is 4.93. The topological polar surface area (TPSA) is 92.1 Å². The molecule has 6 nitrogen and oxygen atoms in total. The summed E-state index contributed by atoms with van der Waals surface area (Å²) < 4.78 is 29.3. The molecule has 0 aromatic heterocycles. The van der Waals surface area contributed by atoms with E-state index in [2.05, 4.69) is 10.0 Å². The maximum atomic E-state index is 12.0. The largest absolute Gasteiger partial charge is 0.271 e. The Morgan fingerprint density at radius 3 is 2.75 bits per heavy atom. The van der Waals surface area contributed by atoms with E-state index in [0.717, 1.165) is 12.8 Å². The zero-order valence-corrected chi connectivity index (χ0v) is 11.9. The second-order valence-corrected chi connectivity index (χ2v) is 6.53. The van der Waals surface area contributed by atoms with Crippen LogP contribution in [0, 0.1) is 0 Å². The van der Waals surface area contributed by atoms with E-state index in [1.165, 1.54) is 0 Å². The summed E-state index contributed by atoms with van der Waals surface area (Å²) in [6.07, 6.45) is 2.38. The van der Waals surface area contributed by atoms with Gasteiger partial charge in [-0.1, -0.05) is 41.9 Å². The van der Waals surface area contributed by atoms with Gasteiger partial charge in [0.25, 0.3) is 10.1 Å². The van der Waals surface area contributed by atoms with Crippen molar-refractivity contribution in [2.24, 2.45) is 5.11 Å². The summed E-state index contributed by atoms with van der Waals surface area (Å²) >= 11 is 0. The fourth-order valence-corrected chi connectivity index (χ4v) is 3.66. The van der Waals surface area contributed by atoms with Crippen molar-refractivity contribution in [3.8, 4) is 0 Å². The molecule has 0 radical (unpaired) electrons. The Morgan fingerprint density at radius 1 is 1.30 bits per heavy atom. The fourth-order valence-electron chi connectivity index (χ4n) is 2.41. The Hall–Kier alpha value is -1.56. The van der Waals surface area contributed by atoms with Crippen LogP contribution < -0.4 is 0 Å². The van der Waals surface area contributed by atoms with Gasteiger partial charge in [0.2, 0.25) is 0 Å². The molecule has 1 aromatic carbocycles. The lowest BCUT2D eigenvalue weighted by atomic mass is 9.94. The molecule has 0 aliphatic heterocycles. The molecule has 0 bridgehead atoms. The SMILES string of the molecule is [N-]=[N+]=NC1CCCC(OS(=O)(=O)Cc2ccccc2)C1. The number of benzene rings is 1. The van der Waals surface area contributed by atoms with E-state index in [9.17, 15) is 8.42 Å². The molecule has 0 heterocycles. The molecule has 108 valence electrons. The van der Waals surface area contributed by atoms with Gasteiger partial charge in [-0.25, -0.2) is 0 Å². The van der Waals surface area contributed by atoms with E-state index in [0.29, 0.717) is 18.4 Å². The molecule has 0 saturated heterocycles. The van der Waals surface area contributed by atoms with Crippen LogP contribution in [-0.2, 0) is 20.1 Å². The Kier molecular flexibility index (Phi) is 5.00. The van der Waals surface area contributed by atoms with E-state index in [1.807, 2.05) is 6.07 Å². The highest BCUT2D eigenvalue weighted by atomic mass is 32.2. The van der Waals surface area contributed by atoms with Gasteiger partial charge >= 0.3 is 0 Å². The number of hydrogen-bond acceptors (Lipinski definition) is 4. The van der Waals surface area contributed by atoms with Crippen molar-refractivity contribution < 1.29 is 12.6 Å². The Morgan fingerprint density at radius 2 is 2.05 bits per heavy atom. The molecule has 1 aliphatic rings. The average Bonchev–Trinajstić information content (AvgIpc) is 2.39. The van der Waals surface area contributed by atoms with Crippen LogP contribution >= 0.6 is 0 Å². The average molecular weight is 295 g/mol. The van der Waals surface area contributed by atoms with Crippen LogP contribution in [-0.4, -0.2) is 20.6 Å². The number of rotatable bonds is 5. The summed E-state index contributed by atoms with van der Waals surface area (Å²) in [5.74, 6) is -0.128. The maximum Gasteiger partial charge on any atom is 0.271 e. The summed E-state index contributed by atoms with van der Waals surface area (Å²) in [6, 6.07) is 8.77. The highest BCUT2D eigenvalue weighted by molar-refractivity contribution is 7.85. The standard InChI is InChI=1S/C13H17N3O3S/c14-16-15-12-7-4-8-13(9-12)19-20(17,18)10-11-5-2-1-3-6-11/h1-3,5-6,12-13H,4,7-10H2. The van der Waals surface area contributed by atoms with Crippen molar-refractivity contribution in [3.63, 3.8) is 0 Å². The van der Waals surface area contributed by atoms with Crippen LogP contribution in [0.25, 0.3) is 10.4 Å². The molecule has 1 aliphatic carbocycles. The van der Waals surface area contributed by atoms with Gasteiger partial charge in [0.05, 0.1) is 6.10 Å². The number of nitrogens with zero attached hydrogens (tertiary/aromatic N) is 3. The van der Waals surface area contributed by atoms with Crippen LogP contribution in [0.15, 0.2) is 35.4 Å². The van der Waals surface area contributed by atoms with E-state index >= 15 is 0 Å². The molecule has 2 atom stereocenters. The Balaban J connectivity index is 1.96. The van der Waals surface area contributed by atoms with Crippen molar-refractivity contribution >= 4 is 10.1 Å². The summed E-state index contributed by atoms with van der Waals surface area (Å²) in [7, 11) is -3.61.